The molecule has 0 unspecified atom stereocenters. The first-order chi connectivity index (χ1) is 24.3. The molecule has 0 fully saturated rings. The molecule has 11 aromatic rings. The lowest BCUT2D eigenvalue weighted by molar-refractivity contribution is 1.18. The minimum absolute atomic E-state index is 1.19. The van der Waals surface area contributed by atoms with Gasteiger partial charge in [0.05, 0.1) is 31.5 Å². The summed E-state index contributed by atoms with van der Waals surface area (Å²) in [6.45, 7) is 0. The van der Waals surface area contributed by atoms with Crippen molar-refractivity contribution in [3.63, 3.8) is 0 Å². The summed E-state index contributed by atoms with van der Waals surface area (Å²) in [6, 6.07) is 57.8. The van der Waals surface area contributed by atoms with Gasteiger partial charge < -0.3 is 9.13 Å². The van der Waals surface area contributed by atoms with E-state index in [0.717, 1.165) is 0 Å². The van der Waals surface area contributed by atoms with Crippen LogP contribution in [0.4, 0.5) is 0 Å². The van der Waals surface area contributed by atoms with Crippen LogP contribution in [0.5, 0.6) is 0 Å². The zero-order valence-corrected chi connectivity index (χ0v) is 28.6. The maximum Gasteiger partial charge on any atom is 0.0636 e. The summed E-state index contributed by atoms with van der Waals surface area (Å²) >= 11 is 5.75. The normalized spacial score (nSPS) is 12.1. The van der Waals surface area contributed by atoms with E-state index >= 15 is 0 Å². The number of fused-ring (bicyclic) bond motifs is 9. The number of thiophene rings is 3. The molecule has 6 aromatic carbocycles. The van der Waals surface area contributed by atoms with Crippen molar-refractivity contribution >= 4 is 96.4 Å². The van der Waals surface area contributed by atoms with E-state index in [1.165, 1.54) is 94.7 Å². The fraction of sp³-hybridized carbons (Fsp3) is 0. The van der Waals surface area contributed by atoms with Gasteiger partial charge in [0.2, 0.25) is 0 Å². The number of benzene rings is 6. The average Bonchev–Trinajstić information content (AvgIpc) is 3.96. The largest absolute Gasteiger partial charge is 0.309 e. The molecule has 11 rings (SSSR count). The van der Waals surface area contributed by atoms with Gasteiger partial charge in [-0.05, 0) is 71.8 Å². The molecule has 5 aromatic heterocycles. The maximum atomic E-state index is 2.40. The number of aromatic nitrogens is 2. The van der Waals surface area contributed by atoms with E-state index in [2.05, 4.69) is 167 Å². The Morgan fingerprint density at radius 3 is 1.08 bits per heavy atom. The highest BCUT2D eigenvalue weighted by atomic mass is 32.1. The minimum Gasteiger partial charge on any atom is -0.309 e. The third-order valence-corrected chi connectivity index (χ3v) is 13.6. The first-order valence-electron chi connectivity index (χ1n) is 16.4. The highest BCUT2D eigenvalue weighted by molar-refractivity contribution is 7.40. The zero-order chi connectivity index (χ0) is 32.1. The Morgan fingerprint density at radius 1 is 0.327 bits per heavy atom. The van der Waals surface area contributed by atoms with E-state index in [9.17, 15) is 0 Å². The molecule has 0 saturated heterocycles. The lowest BCUT2D eigenvalue weighted by Crippen LogP contribution is -1.93. The second kappa shape index (κ2) is 10.5. The van der Waals surface area contributed by atoms with Gasteiger partial charge in [0.15, 0.2) is 0 Å². The van der Waals surface area contributed by atoms with Crippen LogP contribution in [0.15, 0.2) is 158 Å². The second-order valence-corrected chi connectivity index (χ2v) is 15.7. The fourth-order valence-electron chi connectivity index (χ4n) is 7.62. The molecule has 0 amide bonds. The summed E-state index contributed by atoms with van der Waals surface area (Å²) < 4.78 is 10.3. The number of para-hydroxylation sites is 4. The van der Waals surface area contributed by atoms with Crippen molar-refractivity contribution in [3.05, 3.63) is 158 Å². The first-order valence-corrected chi connectivity index (χ1v) is 18.9. The molecular formula is C44H26N2S3. The molecule has 0 atom stereocenters. The van der Waals surface area contributed by atoms with Gasteiger partial charge in [0.1, 0.15) is 0 Å². The Balaban J connectivity index is 0.997. The third kappa shape index (κ3) is 4.10. The average molecular weight is 679 g/mol. The van der Waals surface area contributed by atoms with Crippen molar-refractivity contribution in [2.75, 3.05) is 0 Å². The molecule has 5 heterocycles. The van der Waals surface area contributed by atoms with Gasteiger partial charge in [-0.3, -0.25) is 0 Å². The fourth-order valence-corrected chi connectivity index (χ4v) is 11.6. The SMILES string of the molecule is c1cc(-c2cc3sc4cc(-c5cccc(-n6c7ccccc7c7ccccc76)c5)sc4c3s2)cc(-n2c3ccccc3c3ccccc32)c1. The van der Waals surface area contributed by atoms with E-state index in [-0.39, 0.29) is 0 Å². The summed E-state index contributed by atoms with van der Waals surface area (Å²) in [5.74, 6) is 0. The van der Waals surface area contributed by atoms with Crippen molar-refractivity contribution in [1.29, 1.82) is 0 Å². The van der Waals surface area contributed by atoms with Crippen LogP contribution in [0, 0.1) is 0 Å². The summed E-state index contributed by atoms with van der Waals surface area (Å²) in [7, 11) is 0. The van der Waals surface area contributed by atoms with E-state index < -0.39 is 0 Å². The van der Waals surface area contributed by atoms with Crippen LogP contribution in [0.25, 0.3) is 94.7 Å². The van der Waals surface area contributed by atoms with Crippen molar-refractivity contribution in [1.82, 2.24) is 9.13 Å². The van der Waals surface area contributed by atoms with Crippen LogP contribution in [0.2, 0.25) is 0 Å². The van der Waals surface area contributed by atoms with Crippen molar-refractivity contribution < 1.29 is 0 Å². The van der Waals surface area contributed by atoms with Crippen LogP contribution < -0.4 is 0 Å². The van der Waals surface area contributed by atoms with Gasteiger partial charge in [-0.15, -0.1) is 34.0 Å². The molecule has 5 heteroatoms. The van der Waals surface area contributed by atoms with Crippen LogP contribution >= 0.6 is 34.0 Å². The lowest BCUT2D eigenvalue weighted by Gasteiger charge is -2.09. The minimum atomic E-state index is 1.19. The predicted octanol–water partition coefficient (Wildman–Crippen LogP) is 13.7. The molecule has 230 valence electrons. The van der Waals surface area contributed by atoms with Crippen molar-refractivity contribution in [3.8, 4) is 32.3 Å². The lowest BCUT2D eigenvalue weighted by atomic mass is 10.1. The summed E-state index contributed by atoms with van der Waals surface area (Å²) in [4.78, 5) is 2.63. The molecule has 0 saturated carbocycles. The molecule has 0 N–H and O–H groups in total. The van der Waals surface area contributed by atoms with E-state index in [1.807, 2.05) is 34.0 Å². The Morgan fingerprint density at radius 2 is 0.694 bits per heavy atom. The Bertz CT molecular complexity index is 2760. The molecule has 0 aliphatic rings. The number of hydrogen-bond acceptors (Lipinski definition) is 3. The number of nitrogens with zero attached hydrogens (tertiary/aromatic N) is 2. The van der Waals surface area contributed by atoms with E-state index in [0.29, 0.717) is 0 Å². The van der Waals surface area contributed by atoms with Gasteiger partial charge in [-0.25, -0.2) is 0 Å². The Kier molecular flexibility index (Phi) is 5.90. The molecule has 49 heavy (non-hydrogen) atoms. The Hall–Kier alpha value is -5.46. The van der Waals surface area contributed by atoms with Gasteiger partial charge in [-0.1, -0.05) is 97.1 Å². The highest BCUT2D eigenvalue weighted by Crippen LogP contribution is 2.48. The number of rotatable bonds is 4. The topological polar surface area (TPSA) is 9.86 Å². The van der Waals surface area contributed by atoms with Gasteiger partial charge in [0, 0.05) is 52.1 Å². The van der Waals surface area contributed by atoms with Crippen molar-refractivity contribution in [2.24, 2.45) is 0 Å². The monoisotopic (exact) mass is 678 g/mol. The molecule has 0 spiro atoms. The van der Waals surface area contributed by atoms with E-state index in [4.69, 9.17) is 0 Å². The quantitative estimate of drug-likeness (QED) is 0.175. The smallest absolute Gasteiger partial charge is 0.0636 e. The van der Waals surface area contributed by atoms with Crippen molar-refractivity contribution in [2.45, 2.75) is 0 Å². The standard InChI is InChI=1S/C44H26N2S3/c1-5-19-35-31(15-1)32-16-2-6-20-36(32)45(35)29-13-9-11-27(23-29)39-25-41-43(48-39)44-42(47-41)26-40(49-44)28-12-10-14-30(24-28)46-37-21-7-3-17-33(37)34-18-4-8-22-38(34)46/h1-26H. The molecular weight excluding hydrogens is 653 g/mol. The molecule has 0 aliphatic carbocycles. The number of hydrogen-bond donors (Lipinski definition) is 0. The second-order valence-electron chi connectivity index (χ2n) is 12.6. The predicted molar refractivity (Wildman–Crippen MR) is 215 cm³/mol. The van der Waals surface area contributed by atoms with Gasteiger partial charge in [-0.2, -0.15) is 0 Å². The van der Waals surface area contributed by atoms with Gasteiger partial charge in [0.25, 0.3) is 0 Å². The maximum absolute atomic E-state index is 2.40. The third-order valence-electron chi connectivity index (χ3n) is 9.76. The van der Waals surface area contributed by atoms with Crippen LogP contribution in [0.1, 0.15) is 0 Å². The molecule has 0 radical (unpaired) electrons. The van der Waals surface area contributed by atoms with Crippen LogP contribution in [-0.4, -0.2) is 9.13 Å². The first kappa shape index (κ1) is 27.5. The zero-order valence-electron chi connectivity index (χ0n) is 26.1. The van der Waals surface area contributed by atoms with Crippen LogP contribution in [0.3, 0.4) is 0 Å². The summed E-state index contributed by atoms with van der Waals surface area (Å²) in [5, 5.41) is 5.15. The Labute approximate surface area is 294 Å². The highest BCUT2D eigenvalue weighted by Gasteiger charge is 2.18. The molecule has 0 bridgehead atoms. The molecule has 0 aliphatic heterocycles. The summed E-state index contributed by atoms with van der Waals surface area (Å²) in [6.07, 6.45) is 0. The van der Waals surface area contributed by atoms with Gasteiger partial charge >= 0.3 is 0 Å². The molecule has 2 nitrogen and oxygen atoms in total. The summed E-state index contributed by atoms with van der Waals surface area (Å²) in [5.41, 5.74) is 9.86. The van der Waals surface area contributed by atoms with E-state index in [1.54, 1.807) is 0 Å². The van der Waals surface area contributed by atoms with Crippen LogP contribution in [-0.2, 0) is 0 Å².